The number of hydrogen-bond donors (Lipinski definition) is 3. The van der Waals surface area contributed by atoms with Crippen molar-refractivity contribution in [3.63, 3.8) is 0 Å². The average Bonchev–Trinajstić information content (AvgIpc) is 3.41. The van der Waals surface area contributed by atoms with E-state index in [1.807, 2.05) is 45.0 Å². The highest BCUT2D eigenvalue weighted by molar-refractivity contribution is 8.02. The summed E-state index contributed by atoms with van der Waals surface area (Å²) in [5.41, 5.74) is 0.665. The van der Waals surface area contributed by atoms with Crippen LogP contribution >= 0.6 is 11.8 Å². The zero-order valence-corrected chi connectivity index (χ0v) is 22.5. The van der Waals surface area contributed by atoms with Crippen molar-refractivity contribution in [1.82, 2.24) is 10.2 Å². The number of amides is 3. The van der Waals surface area contributed by atoms with Crippen molar-refractivity contribution in [2.24, 2.45) is 17.8 Å². The number of nitrogens with one attached hydrogen (secondary N) is 2. The second kappa shape index (κ2) is 11.0. The third-order valence-electron chi connectivity index (χ3n) is 7.72. The molecule has 6 atom stereocenters. The number of likely N-dealkylation sites (tertiary alicyclic amines) is 1. The van der Waals surface area contributed by atoms with Crippen molar-refractivity contribution in [3.05, 3.63) is 24.3 Å². The molecule has 9 heteroatoms. The van der Waals surface area contributed by atoms with Gasteiger partial charge in [-0.25, -0.2) is 0 Å². The molecule has 3 aliphatic rings. The number of anilines is 1. The van der Waals surface area contributed by atoms with Gasteiger partial charge >= 0.3 is 0 Å². The number of hydrogen-bond acceptors (Lipinski definition) is 6. The summed E-state index contributed by atoms with van der Waals surface area (Å²) in [5.74, 6) is -0.510. The predicted molar refractivity (Wildman–Crippen MR) is 141 cm³/mol. The van der Waals surface area contributed by atoms with E-state index in [1.165, 1.54) is 0 Å². The first-order valence-electron chi connectivity index (χ1n) is 13.2. The second-order valence-corrected chi connectivity index (χ2v) is 12.0. The summed E-state index contributed by atoms with van der Waals surface area (Å²) in [5, 5.41) is 15.2. The maximum atomic E-state index is 14.0. The fourth-order valence-electron chi connectivity index (χ4n) is 6.32. The Bertz CT molecular complexity index is 971. The molecule has 0 aromatic heterocycles. The first kappa shape index (κ1) is 26.8. The van der Waals surface area contributed by atoms with Gasteiger partial charge in [0.05, 0.1) is 23.2 Å². The lowest BCUT2D eigenvalue weighted by Crippen LogP contribution is -2.57. The second-order valence-electron chi connectivity index (χ2n) is 10.5. The Kier molecular flexibility index (Phi) is 8.19. The molecule has 3 saturated heterocycles. The minimum atomic E-state index is -0.613. The maximum Gasteiger partial charge on any atom is 0.244 e. The van der Waals surface area contributed by atoms with Gasteiger partial charge in [0.25, 0.3) is 0 Å². The summed E-state index contributed by atoms with van der Waals surface area (Å²) in [4.78, 5) is 42.9. The van der Waals surface area contributed by atoms with Gasteiger partial charge in [-0.05, 0) is 76.6 Å². The molecule has 0 saturated carbocycles. The van der Waals surface area contributed by atoms with Crippen LogP contribution in [-0.2, 0) is 14.4 Å². The number of carbonyl (C=O) groups is 3. The van der Waals surface area contributed by atoms with Crippen LogP contribution < -0.4 is 15.4 Å². The van der Waals surface area contributed by atoms with E-state index in [1.54, 1.807) is 16.7 Å². The summed E-state index contributed by atoms with van der Waals surface area (Å²) in [6, 6.07) is 6.62. The van der Waals surface area contributed by atoms with Crippen LogP contribution in [0.3, 0.4) is 0 Å². The van der Waals surface area contributed by atoms with Gasteiger partial charge in [0.15, 0.2) is 0 Å². The molecule has 0 aliphatic carbocycles. The molecule has 1 aromatic rings. The van der Waals surface area contributed by atoms with E-state index >= 15 is 0 Å². The third-order valence-corrected chi connectivity index (χ3v) is 9.79. The standard InChI is InChI=1S/C27H39N3O5S/c1-5-35-19-11-9-18(10-12-19)29-24(32)21-20-15-17(4)27(36-20)22(21)26(34)30(13-7-6-8-14-31)23(27)25(33)28-16(2)3/h9-12,16-17,20-23,31H,5-8,13-15H2,1-4H3,(H,28,33)(H,29,32)/t17?,20-,21+,22+,23?,27?/m1/s1. The van der Waals surface area contributed by atoms with Gasteiger partial charge in [-0.3, -0.25) is 14.4 Å². The molecular weight excluding hydrogens is 478 g/mol. The highest BCUT2D eigenvalue weighted by atomic mass is 32.2. The van der Waals surface area contributed by atoms with Crippen LogP contribution in [0.4, 0.5) is 5.69 Å². The number of nitrogens with zero attached hydrogens (tertiary/aromatic N) is 1. The lowest BCUT2D eigenvalue weighted by molar-refractivity contribution is -0.139. The van der Waals surface area contributed by atoms with E-state index < -0.39 is 22.6 Å². The molecule has 1 spiro atoms. The number of aliphatic hydroxyl groups is 1. The Morgan fingerprint density at radius 3 is 2.56 bits per heavy atom. The molecule has 3 N–H and O–H groups in total. The minimum Gasteiger partial charge on any atom is -0.494 e. The molecule has 0 radical (unpaired) electrons. The molecule has 3 amide bonds. The van der Waals surface area contributed by atoms with E-state index in [0.717, 1.165) is 18.6 Å². The van der Waals surface area contributed by atoms with Gasteiger partial charge in [-0.15, -0.1) is 11.8 Å². The van der Waals surface area contributed by atoms with Crippen molar-refractivity contribution in [2.75, 3.05) is 25.1 Å². The SMILES string of the molecule is CCOc1ccc(NC(=O)[C@@H]2[C@H]3C(=O)N(CCCCCO)C(C(=O)NC(C)C)C34S[C@@H]2CC4C)cc1. The fraction of sp³-hybridized carbons (Fsp3) is 0.667. The third kappa shape index (κ3) is 4.72. The first-order valence-corrected chi connectivity index (χ1v) is 14.1. The van der Waals surface area contributed by atoms with Gasteiger partial charge in [-0.1, -0.05) is 6.92 Å². The van der Waals surface area contributed by atoms with Crippen LogP contribution in [0.2, 0.25) is 0 Å². The lowest BCUT2D eigenvalue weighted by atomic mass is 9.66. The summed E-state index contributed by atoms with van der Waals surface area (Å²) < 4.78 is 4.88. The first-order chi connectivity index (χ1) is 17.2. The zero-order chi connectivity index (χ0) is 26.0. The Hall–Kier alpha value is -2.26. The van der Waals surface area contributed by atoms with Crippen LogP contribution in [0, 0.1) is 17.8 Å². The molecule has 3 unspecified atom stereocenters. The van der Waals surface area contributed by atoms with Crippen molar-refractivity contribution >= 4 is 35.2 Å². The van der Waals surface area contributed by atoms with Crippen molar-refractivity contribution in [3.8, 4) is 5.75 Å². The van der Waals surface area contributed by atoms with E-state index in [0.29, 0.717) is 31.7 Å². The maximum absolute atomic E-state index is 14.0. The largest absolute Gasteiger partial charge is 0.494 e. The zero-order valence-electron chi connectivity index (χ0n) is 21.7. The van der Waals surface area contributed by atoms with Crippen LogP contribution in [0.25, 0.3) is 0 Å². The highest BCUT2D eigenvalue weighted by Crippen LogP contribution is 2.68. The molecular formula is C27H39N3O5S. The Morgan fingerprint density at radius 1 is 1.19 bits per heavy atom. The van der Waals surface area contributed by atoms with Gasteiger partial charge in [0, 0.05) is 30.1 Å². The molecule has 2 bridgehead atoms. The number of carbonyl (C=O) groups excluding carboxylic acids is 3. The Balaban J connectivity index is 1.61. The van der Waals surface area contributed by atoms with Crippen LogP contribution in [0.5, 0.6) is 5.75 Å². The summed E-state index contributed by atoms with van der Waals surface area (Å²) >= 11 is 1.68. The minimum absolute atomic E-state index is 0.00235. The van der Waals surface area contributed by atoms with E-state index in [4.69, 9.17) is 9.84 Å². The predicted octanol–water partition coefficient (Wildman–Crippen LogP) is 3.05. The molecule has 198 valence electrons. The molecule has 3 heterocycles. The van der Waals surface area contributed by atoms with Crippen molar-refractivity contribution in [2.45, 2.75) is 75.5 Å². The molecule has 4 rings (SSSR count). The lowest BCUT2D eigenvalue weighted by Gasteiger charge is -2.39. The number of benzene rings is 1. The molecule has 3 aliphatic heterocycles. The van der Waals surface area contributed by atoms with Crippen LogP contribution in [0.15, 0.2) is 24.3 Å². The molecule has 3 fully saturated rings. The Labute approximate surface area is 217 Å². The summed E-state index contributed by atoms with van der Waals surface area (Å²) in [7, 11) is 0. The summed E-state index contributed by atoms with van der Waals surface area (Å²) in [6.45, 7) is 9.02. The van der Waals surface area contributed by atoms with Crippen molar-refractivity contribution < 1.29 is 24.2 Å². The van der Waals surface area contributed by atoms with Crippen LogP contribution in [0.1, 0.15) is 53.4 Å². The average molecular weight is 518 g/mol. The van der Waals surface area contributed by atoms with Crippen molar-refractivity contribution in [1.29, 1.82) is 0 Å². The fourth-order valence-corrected chi connectivity index (χ4v) is 8.74. The number of fused-ring (bicyclic) bond motifs is 1. The summed E-state index contributed by atoms with van der Waals surface area (Å²) in [6.07, 6.45) is 2.97. The van der Waals surface area contributed by atoms with Gasteiger partial charge < -0.3 is 25.4 Å². The molecule has 1 aromatic carbocycles. The van der Waals surface area contributed by atoms with Gasteiger partial charge in [-0.2, -0.15) is 0 Å². The number of rotatable bonds is 11. The van der Waals surface area contributed by atoms with Gasteiger partial charge in [0.2, 0.25) is 17.7 Å². The molecule has 36 heavy (non-hydrogen) atoms. The highest BCUT2D eigenvalue weighted by Gasteiger charge is 2.75. The number of thioether (sulfide) groups is 1. The monoisotopic (exact) mass is 517 g/mol. The topological polar surface area (TPSA) is 108 Å². The normalized spacial score (nSPS) is 30.6. The van der Waals surface area contributed by atoms with E-state index in [9.17, 15) is 14.4 Å². The smallest absolute Gasteiger partial charge is 0.244 e. The number of unbranched alkanes of at least 4 members (excludes halogenated alkanes) is 2. The molecule has 8 nitrogen and oxygen atoms in total. The van der Waals surface area contributed by atoms with E-state index in [-0.39, 0.29) is 41.5 Å². The number of ether oxygens (including phenoxy) is 1. The van der Waals surface area contributed by atoms with Crippen LogP contribution in [-0.4, -0.2) is 69.6 Å². The van der Waals surface area contributed by atoms with Gasteiger partial charge in [0.1, 0.15) is 11.8 Å². The number of aliphatic hydroxyl groups excluding tert-OH is 1. The Morgan fingerprint density at radius 2 is 1.92 bits per heavy atom. The quantitative estimate of drug-likeness (QED) is 0.390. The van der Waals surface area contributed by atoms with E-state index in [2.05, 4.69) is 17.6 Å².